The molecule has 1 aliphatic carbocycles. The van der Waals surface area contributed by atoms with Crippen LogP contribution in [0.15, 0.2) is 11.8 Å². The summed E-state index contributed by atoms with van der Waals surface area (Å²) in [5, 5.41) is 8.74. The normalized spacial score (nSPS) is 20.9. The maximum Gasteiger partial charge on any atom is 0.309 e. The number of allylic oxidation sites excluding steroid dienone is 2. The smallest absolute Gasteiger partial charge is 0.309 e. The molecule has 1 heterocycles. The Bertz CT molecular complexity index is 359. The van der Waals surface area contributed by atoms with Crippen molar-refractivity contribution in [3.8, 4) is 0 Å². The lowest BCUT2D eigenvalue weighted by Crippen LogP contribution is -2.53. The van der Waals surface area contributed by atoms with E-state index in [1.807, 2.05) is 4.90 Å². The van der Waals surface area contributed by atoms with E-state index in [4.69, 9.17) is 5.11 Å². The van der Waals surface area contributed by atoms with Gasteiger partial charge in [0, 0.05) is 25.8 Å². The Morgan fingerprint density at radius 1 is 1.53 bits per heavy atom. The summed E-state index contributed by atoms with van der Waals surface area (Å²) in [6.45, 7) is 1.32. The quantitative estimate of drug-likeness (QED) is 0.776. The molecule has 0 saturated carbocycles. The number of carbonyl (C=O) groups is 2. The van der Waals surface area contributed by atoms with Gasteiger partial charge in [0.2, 0.25) is 5.91 Å². The number of likely N-dealkylation sites (N-methyl/N-ethyl adjacent to an activating group) is 1. The van der Waals surface area contributed by atoms with Gasteiger partial charge in [-0.1, -0.05) is 6.08 Å². The Labute approximate surface area is 101 Å². The first-order chi connectivity index (χ1) is 8.08. The van der Waals surface area contributed by atoms with Crippen LogP contribution < -0.4 is 0 Å². The maximum absolute atomic E-state index is 11.9. The molecule has 0 aromatic heterocycles. The second-order valence-electron chi connectivity index (χ2n) is 4.77. The molecule has 0 aromatic carbocycles. The molecule has 0 spiro atoms. The summed E-state index contributed by atoms with van der Waals surface area (Å²) in [7, 11) is 1.80. The van der Waals surface area contributed by atoms with Crippen LogP contribution in [0.5, 0.6) is 0 Å². The second-order valence-corrected chi connectivity index (χ2v) is 4.77. The standard InChI is InChI=1S/C12H18N2O3/c1-13(10-4-2-3-5-10)11(15)8-14-6-9(7-14)12(16)17/h4,9H,2-3,5-8H2,1H3,(H,16,17). The molecule has 1 saturated heterocycles. The monoisotopic (exact) mass is 238 g/mol. The highest BCUT2D eigenvalue weighted by Gasteiger charge is 2.34. The van der Waals surface area contributed by atoms with Crippen LogP contribution in [-0.4, -0.2) is 53.5 Å². The molecule has 0 aromatic rings. The maximum atomic E-state index is 11.9. The van der Waals surface area contributed by atoms with Crippen LogP contribution in [0.1, 0.15) is 19.3 Å². The van der Waals surface area contributed by atoms with Gasteiger partial charge in [-0.3, -0.25) is 14.5 Å². The zero-order valence-electron chi connectivity index (χ0n) is 10.1. The second kappa shape index (κ2) is 4.87. The summed E-state index contributed by atoms with van der Waals surface area (Å²) >= 11 is 0. The van der Waals surface area contributed by atoms with Gasteiger partial charge in [-0.15, -0.1) is 0 Å². The topological polar surface area (TPSA) is 60.9 Å². The average Bonchev–Trinajstić information content (AvgIpc) is 2.73. The van der Waals surface area contributed by atoms with E-state index in [0.29, 0.717) is 19.6 Å². The van der Waals surface area contributed by atoms with E-state index < -0.39 is 5.97 Å². The summed E-state index contributed by atoms with van der Waals surface area (Å²) < 4.78 is 0. The highest BCUT2D eigenvalue weighted by molar-refractivity contribution is 5.80. The zero-order valence-corrected chi connectivity index (χ0v) is 10.1. The number of amides is 1. The molecular weight excluding hydrogens is 220 g/mol. The van der Waals surface area contributed by atoms with Crippen LogP contribution in [0.2, 0.25) is 0 Å². The third kappa shape index (κ3) is 2.66. The summed E-state index contributed by atoms with van der Waals surface area (Å²) in [5.74, 6) is -0.999. The molecule has 94 valence electrons. The van der Waals surface area contributed by atoms with Crippen molar-refractivity contribution >= 4 is 11.9 Å². The van der Waals surface area contributed by atoms with E-state index in [9.17, 15) is 9.59 Å². The van der Waals surface area contributed by atoms with Gasteiger partial charge < -0.3 is 10.0 Å². The van der Waals surface area contributed by atoms with Gasteiger partial charge in [0.15, 0.2) is 0 Å². The fraction of sp³-hybridized carbons (Fsp3) is 0.667. The first kappa shape index (κ1) is 12.1. The number of hydrogen-bond donors (Lipinski definition) is 1. The zero-order chi connectivity index (χ0) is 12.4. The molecule has 1 fully saturated rings. The number of likely N-dealkylation sites (tertiary alicyclic amines) is 1. The minimum absolute atomic E-state index is 0.0574. The van der Waals surface area contributed by atoms with E-state index in [2.05, 4.69) is 6.08 Å². The van der Waals surface area contributed by atoms with Crippen molar-refractivity contribution in [1.29, 1.82) is 0 Å². The van der Waals surface area contributed by atoms with Crippen LogP contribution in [0.25, 0.3) is 0 Å². The number of carboxylic acid groups (broad SMARTS) is 1. The fourth-order valence-corrected chi connectivity index (χ4v) is 2.27. The van der Waals surface area contributed by atoms with E-state index in [-0.39, 0.29) is 11.8 Å². The lowest BCUT2D eigenvalue weighted by atomic mass is 10.0. The van der Waals surface area contributed by atoms with Crippen molar-refractivity contribution in [3.63, 3.8) is 0 Å². The molecule has 1 aliphatic heterocycles. The SMILES string of the molecule is CN(C(=O)CN1CC(C(=O)O)C1)C1=CCCC1. The Kier molecular flexibility index (Phi) is 3.47. The fourth-order valence-electron chi connectivity index (χ4n) is 2.27. The molecule has 1 amide bonds. The van der Waals surface area contributed by atoms with Crippen LogP contribution in [0, 0.1) is 5.92 Å². The summed E-state index contributed by atoms with van der Waals surface area (Å²) in [6.07, 6.45) is 5.25. The Morgan fingerprint density at radius 2 is 2.24 bits per heavy atom. The highest BCUT2D eigenvalue weighted by atomic mass is 16.4. The number of hydrogen-bond acceptors (Lipinski definition) is 3. The number of aliphatic carboxylic acids is 1. The molecule has 2 aliphatic rings. The molecule has 17 heavy (non-hydrogen) atoms. The van der Waals surface area contributed by atoms with Gasteiger partial charge in [-0.05, 0) is 19.3 Å². The van der Waals surface area contributed by atoms with Crippen molar-refractivity contribution in [2.24, 2.45) is 5.92 Å². The molecule has 1 N–H and O–H groups in total. The molecule has 5 heteroatoms. The molecule has 0 unspecified atom stereocenters. The van der Waals surface area contributed by atoms with Crippen LogP contribution in [-0.2, 0) is 9.59 Å². The molecule has 0 atom stereocenters. The Hall–Kier alpha value is -1.36. The summed E-state index contributed by atoms with van der Waals surface area (Å²) in [6, 6.07) is 0. The van der Waals surface area contributed by atoms with E-state index in [0.717, 1.165) is 25.0 Å². The average molecular weight is 238 g/mol. The molecule has 0 bridgehead atoms. The summed E-state index contributed by atoms with van der Waals surface area (Å²) in [5.41, 5.74) is 1.10. The van der Waals surface area contributed by atoms with Crippen molar-refractivity contribution in [2.45, 2.75) is 19.3 Å². The Balaban J connectivity index is 1.76. The summed E-state index contributed by atoms with van der Waals surface area (Å²) in [4.78, 5) is 26.1. The number of carbonyl (C=O) groups excluding carboxylic acids is 1. The highest BCUT2D eigenvalue weighted by Crippen LogP contribution is 2.21. The third-order valence-electron chi connectivity index (χ3n) is 3.49. The van der Waals surface area contributed by atoms with E-state index >= 15 is 0 Å². The third-order valence-corrected chi connectivity index (χ3v) is 3.49. The van der Waals surface area contributed by atoms with Gasteiger partial charge in [0.1, 0.15) is 0 Å². The lowest BCUT2D eigenvalue weighted by molar-refractivity contribution is -0.149. The van der Waals surface area contributed by atoms with Crippen LogP contribution in [0.4, 0.5) is 0 Å². The van der Waals surface area contributed by atoms with Gasteiger partial charge in [-0.25, -0.2) is 0 Å². The number of carboxylic acids is 1. The van der Waals surface area contributed by atoms with Crippen LogP contribution >= 0.6 is 0 Å². The molecule has 0 radical (unpaired) electrons. The van der Waals surface area contributed by atoms with Crippen molar-refractivity contribution < 1.29 is 14.7 Å². The number of nitrogens with zero attached hydrogens (tertiary/aromatic N) is 2. The largest absolute Gasteiger partial charge is 0.481 e. The first-order valence-electron chi connectivity index (χ1n) is 5.98. The van der Waals surface area contributed by atoms with Gasteiger partial charge >= 0.3 is 5.97 Å². The number of rotatable bonds is 4. The minimum atomic E-state index is -0.763. The molecule has 2 rings (SSSR count). The molecular formula is C12H18N2O3. The van der Waals surface area contributed by atoms with Gasteiger partial charge in [0.25, 0.3) is 0 Å². The Morgan fingerprint density at radius 3 is 2.76 bits per heavy atom. The predicted molar refractivity (Wildman–Crippen MR) is 62.3 cm³/mol. The van der Waals surface area contributed by atoms with Crippen molar-refractivity contribution in [1.82, 2.24) is 9.80 Å². The van der Waals surface area contributed by atoms with Crippen LogP contribution in [0.3, 0.4) is 0 Å². The van der Waals surface area contributed by atoms with Crippen molar-refractivity contribution in [2.75, 3.05) is 26.7 Å². The van der Waals surface area contributed by atoms with Gasteiger partial charge in [-0.2, -0.15) is 0 Å². The lowest BCUT2D eigenvalue weighted by Gasteiger charge is -2.36. The van der Waals surface area contributed by atoms with E-state index in [1.54, 1.807) is 11.9 Å². The van der Waals surface area contributed by atoms with Gasteiger partial charge in [0.05, 0.1) is 12.5 Å². The molecule has 5 nitrogen and oxygen atoms in total. The van der Waals surface area contributed by atoms with Crippen molar-refractivity contribution in [3.05, 3.63) is 11.8 Å². The first-order valence-corrected chi connectivity index (χ1v) is 5.98. The minimum Gasteiger partial charge on any atom is -0.481 e. The van der Waals surface area contributed by atoms with E-state index in [1.165, 1.54) is 0 Å². The predicted octanol–water partition coefficient (Wildman–Crippen LogP) is 0.529.